The molecule has 7 nitrogen and oxygen atoms in total. The average molecular weight is 211 g/mol. The van der Waals surface area contributed by atoms with Gasteiger partial charge in [-0.2, -0.15) is 0 Å². The summed E-state index contributed by atoms with van der Waals surface area (Å²) in [6.45, 7) is 1.77. The van der Waals surface area contributed by atoms with E-state index >= 15 is 0 Å². The Labute approximate surface area is 85.5 Å². The van der Waals surface area contributed by atoms with Crippen LogP contribution < -0.4 is 21.5 Å². The third-order valence-electron chi connectivity index (χ3n) is 2.61. The van der Waals surface area contributed by atoms with Crippen molar-refractivity contribution >= 4 is 5.82 Å². The largest absolute Gasteiger partial charge is 0.349 e. The SMILES string of the molecule is CN(c1n[nH]c(=O)[nH]c1=O)C1CCNC1. The van der Waals surface area contributed by atoms with Crippen LogP contribution in [-0.2, 0) is 0 Å². The number of hydrogen-bond donors (Lipinski definition) is 3. The Morgan fingerprint density at radius 2 is 2.27 bits per heavy atom. The van der Waals surface area contributed by atoms with Gasteiger partial charge in [0.1, 0.15) is 0 Å². The van der Waals surface area contributed by atoms with Gasteiger partial charge in [0, 0.05) is 19.6 Å². The summed E-state index contributed by atoms with van der Waals surface area (Å²) >= 11 is 0. The van der Waals surface area contributed by atoms with Gasteiger partial charge >= 0.3 is 5.69 Å². The third-order valence-corrected chi connectivity index (χ3v) is 2.61. The maximum Gasteiger partial charge on any atom is 0.342 e. The zero-order valence-electron chi connectivity index (χ0n) is 8.41. The lowest BCUT2D eigenvalue weighted by molar-refractivity contribution is 0.663. The second-order valence-corrected chi connectivity index (χ2v) is 3.59. The standard InChI is InChI=1S/C8H13N5O2/c1-13(5-2-3-9-4-5)6-7(14)10-8(15)12-11-6/h5,9H,2-4H2,1H3,(H2,10,12,14,15). The number of aromatic nitrogens is 3. The van der Waals surface area contributed by atoms with Gasteiger partial charge in [-0.1, -0.05) is 0 Å². The van der Waals surface area contributed by atoms with E-state index in [1.54, 1.807) is 11.9 Å². The van der Waals surface area contributed by atoms with E-state index in [2.05, 4.69) is 20.5 Å². The van der Waals surface area contributed by atoms with Gasteiger partial charge in [-0.25, -0.2) is 9.89 Å². The molecule has 1 atom stereocenters. The minimum absolute atomic E-state index is 0.253. The molecule has 1 aliphatic heterocycles. The molecular weight excluding hydrogens is 198 g/mol. The highest BCUT2D eigenvalue weighted by atomic mass is 16.2. The van der Waals surface area contributed by atoms with Crippen LogP contribution in [0.3, 0.4) is 0 Å². The Morgan fingerprint density at radius 3 is 2.87 bits per heavy atom. The molecule has 15 heavy (non-hydrogen) atoms. The topological polar surface area (TPSA) is 93.9 Å². The van der Waals surface area contributed by atoms with Crippen LogP contribution in [-0.4, -0.2) is 41.4 Å². The molecule has 0 bridgehead atoms. The van der Waals surface area contributed by atoms with Crippen molar-refractivity contribution in [1.82, 2.24) is 20.5 Å². The normalized spacial score (nSPS) is 20.5. The van der Waals surface area contributed by atoms with Crippen LogP contribution in [0.5, 0.6) is 0 Å². The number of anilines is 1. The number of nitrogens with one attached hydrogen (secondary N) is 3. The number of H-pyrrole nitrogens is 2. The first-order valence-corrected chi connectivity index (χ1v) is 4.81. The Hall–Kier alpha value is -1.63. The Morgan fingerprint density at radius 1 is 1.47 bits per heavy atom. The van der Waals surface area contributed by atoms with E-state index in [1.165, 1.54) is 0 Å². The van der Waals surface area contributed by atoms with E-state index in [0.29, 0.717) is 0 Å². The summed E-state index contributed by atoms with van der Waals surface area (Å²) in [7, 11) is 1.80. The van der Waals surface area contributed by atoms with E-state index in [-0.39, 0.29) is 11.9 Å². The van der Waals surface area contributed by atoms with E-state index in [9.17, 15) is 9.59 Å². The molecule has 1 aromatic heterocycles. The Bertz CT molecular complexity index is 445. The van der Waals surface area contributed by atoms with Crippen LogP contribution in [0.2, 0.25) is 0 Å². The van der Waals surface area contributed by atoms with Gasteiger partial charge in [-0.15, -0.1) is 5.10 Å². The van der Waals surface area contributed by atoms with Gasteiger partial charge in [-0.05, 0) is 13.0 Å². The fourth-order valence-corrected chi connectivity index (χ4v) is 1.72. The third kappa shape index (κ3) is 1.91. The summed E-state index contributed by atoms with van der Waals surface area (Å²) in [6, 6.07) is 0.254. The molecule has 0 amide bonds. The van der Waals surface area contributed by atoms with E-state index in [1.807, 2.05) is 0 Å². The number of rotatable bonds is 2. The molecule has 7 heteroatoms. The van der Waals surface area contributed by atoms with Gasteiger partial charge in [-0.3, -0.25) is 9.78 Å². The predicted octanol–water partition coefficient (Wildman–Crippen LogP) is -1.74. The van der Waals surface area contributed by atoms with Crippen LogP contribution in [0.4, 0.5) is 5.82 Å². The van der Waals surface area contributed by atoms with Crippen molar-refractivity contribution in [3.05, 3.63) is 20.8 Å². The maximum atomic E-state index is 11.4. The minimum atomic E-state index is -0.582. The molecule has 0 aromatic carbocycles. The molecule has 0 radical (unpaired) electrons. The first-order chi connectivity index (χ1) is 7.18. The van der Waals surface area contributed by atoms with Crippen molar-refractivity contribution in [2.45, 2.75) is 12.5 Å². The van der Waals surface area contributed by atoms with Crippen molar-refractivity contribution in [2.75, 3.05) is 25.0 Å². The fourth-order valence-electron chi connectivity index (χ4n) is 1.72. The second kappa shape index (κ2) is 3.85. The molecular formula is C8H13N5O2. The molecule has 1 unspecified atom stereocenters. The molecule has 1 fully saturated rings. The molecule has 1 aliphatic rings. The molecule has 2 rings (SSSR count). The highest BCUT2D eigenvalue weighted by molar-refractivity contribution is 5.34. The zero-order chi connectivity index (χ0) is 10.8. The predicted molar refractivity (Wildman–Crippen MR) is 55.2 cm³/mol. The van der Waals surface area contributed by atoms with Crippen LogP contribution >= 0.6 is 0 Å². The summed E-state index contributed by atoms with van der Waals surface area (Å²) in [5, 5.41) is 9.16. The quantitative estimate of drug-likeness (QED) is 0.539. The number of aromatic amines is 2. The van der Waals surface area contributed by atoms with Crippen LogP contribution in [0, 0.1) is 0 Å². The van der Waals surface area contributed by atoms with E-state index in [4.69, 9.17) is 0 Å². The second-order valence-electron chi connectivity index (χ2n) is 3.59. The molecule has 0 saturated carbocycles. The summed E-state index contributed by atoms with van der Waals surface area (Å²) in [4.78, 5) is 26.2. The van der Waals surface area contributed by atoms with Gasteiger partial charge in [0.2, 0.25) is 5.82 Å². The first-order valence-electron chi connectivity index (χ1n) is 4.81. The molecule has 2 heterocycles. The monoisotopic (exact) mass is 211 g/mol. The van der Waals surface area contributed by atoms with Crippen molar-refractivity contribution in [3.8, 4) is 0 Å². The number of nitrogens with zero attached hydrogens (tertiary/aromatic N) is 2. The van der Waals surface area contributed by atoms with Crippen LogP contribution in [0.15, 0.2) is 9.59 Å². The smallest absolute Gasteiger partial charge is 0.342 e. The summed E-state index contributed by atoms with van der Waals surface area (Å²) in [5.41, 5.74) is -1.03. The average Bonchev–Trinajstić information content (AvgIpc) is 2.69. The van der Waals surface area contributed by atoms with E-state index in [0.717, 1.165) is 19.5 Å². The highest BCUT2D eigenvalue weighted by Gasteiger charge is 2.22. The van der Waals surface area contributed by atoms with Crippen molar-refractivity contribution in [2.24, 2.45) is 0 Å². The molecule has 0 aliphatic carbocycles. The molecule has 1 saturated heterocycles. The molecule has 0 spiro atoms. The lowest BCUT2D eigenvalue weighted by Crippen LogP contribution is -2.39. The van der Waals surface area contributed by atoms with Crippen molar-refractivity contribution < 1.29 is 0 Å². The molecule has 3 N–H and O–H groups in total. The van der Waals surface area contributed by atoms with E-state index < -0.39 is 11.2 Å². The fraction of sp³-hybridized carbons (Fsp3) is 0.625. The summed E-state index contributed by atoms with van der Waals surface area (Å²) in [6.07, 6.45) is 0.969. The van der Waals surface area contributed by atoms with Crippen molar-refractivity contribution in [3.63, 3.8) is 0 Å². The molecule has 82 valence electrons. The minimum Gasteiger partial charge on any atom is -0.349 e. The Kier molecular flexibility index (Phi) is 2.55. The van der Waals surface area contributed by atoms with Crippen LogP contribution in [0.25, 0.3) is 0 Å². The Balaban J connectivity index is 2.28. The lowest BCUT2D eigenvalue weighted by Gasteiger charge is -2.22. The van der Waals surface area contributed by atoms with Gasteiger partial charge in [0.05, 0.1) is 0 Å². The number of hydrogen-bond acceptors (Lipinski definition) is 5. The lowest BCUT2D eigenvalue weighted by atomic mass is 10.2. The summed E-state index contributed by atoms with van der Waals surface area (Å²) < 4.78 is 0. The van der Waals surface area contributed by atoms with Gasteiger partial charge in [0.15, 0.2) is 0 Å². The molecule has 1 aromatic rings. The van der Waals surface area contributed by atoms with Gasteiger partial charge < -0.3 is 10.2 Å². The summed E-state index contributed by atoms with van der Waals surface area (Å²) in [5.74, 6) is 0.253. The van der Waals surface area contributed by atoms with Crippen LogP contribution in [0.1, 0.15) is 6.42 Å². The van der Waals surface area contributed by atoms with Gasteiger partial charge in [0.25, 0.3) is 5.56 Å². The first kappa shape index (κ1) is 9.91. The highest BCUT2D eigenvalue weighted by Crippen LogP contribution is 2.09. The van der Waals surface area contributed by atoms with Crippen molar-refractivity contribution in [1.29, 1.82) is 0 Å². The maximum absolute atomic E-state index is 11.4. The number of likely N-dealkylation sites (N-methyl/N-ethyl adjacent to an activating group) is 1. The zero-order valence-corrected chi connectivity index (χ0v) is 8.41.